The maximum absolute atomic E-state index is 5.55. The number of nitrogens with one attached hydrogen (secondary N) is 1. The Balaban J connectivity index is 2.84. The number of ether oxygens (including phenoxy) is 1. The Hall–Kier alpha value is -1.02. The van der Waals surface area contributed by atoms with Crippen molar-refractivity contribution in [1.29, 1.82) is 0 Å². The van der Waals surface area contributed by atoms with Crippen molar-refractivity contribution in [2.24, 2.45) is 11.3 Å². The van der Waals surface area contributed by atoms with Gasteiger partial charge in [-0.2, -0.15) is 0 Å². The highest BCUT2D eigenvalue weighted by molar-refractivity contribution is 5.35. The van der Waals surface area contributed by atoms with Gasteiger partial charge in [-0.3, -0.25) is 0 Å². The van der Waals surface area contributed by atoms with E-state index in [1.54, 1.807) is 7.11 Å². The van der Waals surface area contributed by atoms with Crippen molar-refractivity contribution in [2.45, 2.75) is 59.9 Å². The summed E-state index contributed by atoms with van der Waals surface area (Å²) in [5.41, 5.74) is 1.67. The normalized spacial score (nSPS) is 14.8. The van der Waals surface area contributed by atoms with Crippen LogP contribution in [0.5, 0.6) is 5.75 Å². The smallest absolute Gasteiger partial charge is 0.123 e. The summed E-state index contributed by atoms with van der Waals surface area (Å²) in [6.45, 7) is 12.6. The van der Waals surface area contributed by atoms with Crippen molar-refractivity contribution in [3.8, 4) is 5.75 Å². The maximum Gasteiger partial charge on any atom is 0.123 e. The van der Waals surface area contributed by atoms with E-state index in [1.807, 2.05) is 6.07 Å². The minimum Gasteiger partial charge on any atom is -0.496 e. The van der Waals surface area contributed by atoms with Crippen LogP contribution >= 0.6 is 0 Å². The second-order valence-electron chi connectivity index (χ2n) is 7.35. The van der Waals surface area contributed by atoms with E-state index in [0.717, 1.165) is 25.1 Å². The van der Waals surface area contributed by atoms with Gasteiger partial charge in [-0.1, -0.05) is 52.8 Å². The van der Waals surface area contributed by atoms with E-state index < -0.39 is 0 Å². The molecule has 1 rings (SSSR count). The third-order valence-corrected chi connectivity index (χ3v) is 3.75. The highest BCUT2D eigenvalue weighted by atomic mass is 16.5. The molecule has 1 aromatic rings. The van der Waals surface area contributed by atoms with Crippen LogP contribution in [0.4, 0.5) is 0 Å². The second kappa shape index (κ2) is 8.43. The molecule has 2 heteroatoms. The first-order valence-corrected chi connectivity index (χ1v) is 8.23. The fourth-order valence-corrected chi connectivity index (χ4v) is 3.12. The van der Waals surface area contributed by atoms with Crippen molar-refractivity contribution < 1.29 is 4.74 Å². The van der Waals surface area contributed by atoms with Gasteiger partial charge in [0.05, 0.1) is 7.11 Å². The molecule has 1 aromatic carbocycles. The van der Waals surface area contributed by atoms with Crippen LogP contribution < -0.4 is 10.1 Å². The van der Waals surface area contributed by atoms with E-state index in [2.05, 4.69) is 58.1 Å². The van der Waals surface area contributed by atoms with Crippen LogP contribution in [0.3, 0.4) is 0 Å². The molecular weight excluding hydrogens is 258 g/mol. The lowest BCUT2D eigenvalue weighted by molar-refractivity contribution is 0.273. The molecule has 0 aliphatic heterocycles. The first-order chi connectivity index (χ1) is 9.87. The minimum absolute atomic E-state index is 0.374. The van der Waals surface area contributed by atoms with E-state index in [0.29, 0.717) is 17.4 Å². The summed E-state index contributed by atoms with van der Waals surface area (Å²) in [4.78, 5) is 0. The highest BCUT2D eigenvalue weighted by Gasteiger charge is 2.21. The molecule has 0 amide bonds. The van der Waals surface area contributed by atoms with E-state index in [-0.39, 0.29) is 0 Å². The summed E-state index contributed by atoms with van der Waals surface area (Å²) in [6, 6.07) is 8.77. The zero-order valence-electron chi connectivity index (χ0n) is 14.7. The predicted molar refractivity (Wildman–Crippen MR) is 91.9 cm³/mol. The summed E-state index contributed by atoms with van der Waals surface area (Å²) in [5, 5.41) is 3.70. The highest BCUT2D eigenvalue weighted by Crippen LogP contribution is 2.33. The van der Waals surface area contributed by atoms with Crippen LogP contribution in [0.25, 0.3) is 0 Å². The molecule has 0 heterocycles. The van der Waals surface area contributed by atoms with Crippen molar-refractivity contribution in [3.63, 3.8) is 0 Å². The Labute approximate surface area is 131 Å². The van der Waals surface area contributed by atoms with Crippen LogP contribution in [-0.4, -0.2) is 13.7 Å². The molecule has 0 aromatic heterocycles. The lowest BCUT2D eigenvalue weighted by Gasteiger charge is -2.28. The van der Waals surface area contributed by atoms with E-state index in [9.17, 15) is 0 Å². The van der Waals surface area contributed by atoms with E-state index in [4.69, 9.17) is 4.74 Å². The number of hydrogen-bond acceptors (Lipinski definition) is 2. The van der Waals surface area contributed by atoms with Crippen molar-refractivity contribution in [2.75, 3.05) is 13.7 Å². The topological polar surface area (TPSA) is 21.3 Å². The van der Waals surface area contributed by atoms with Gasteiger partial charge < -0.3 is 10.1 Å². The quantitative estimate of drug-likeness (QED) is 0.711. The summed E-state index contributed by atoms with van der Waals surface area (Å²) in [6.07, 6.45) is 3.55. The molecule has 21 heavy (non-hydrogen) atoms. The molecule has 0 spiro atoms. The lowest BCUT2D eigenvalue weighted by Crippen LogP contribution is -2.25. The Morgan fingerprint density at radius 1 is 1.19 bits per heavy atom. The number of methoxy groups -OCH3 is 1. The number of benzene rings is 1. The van der Waals surface area contributed by atoms with Crippen LogP contribution in [-0.2, 0) is 0 Å². The SMILES string of the molecule is CCCNC(CC(C)CC(C)(C)C)c1ccccc1OC. The Morgan fingerprint density at radius 2 is 1.86 bits per heavy atom. The monoisotopic (exact) mass is 291 g/mol. The molecule has 2 atom stereocenters. The molecule has 0 aliphatic rings. The van der Waals surface area contributed by atoms with Gasteiger partial charge in [0, 0.05) is 11.6 Å². The third kappa shape index (κ3) is 6.52. The standard InChI is InChI=1S/C19H33NO/c1-7-12-20-17(13-15(2)14-19(3,4)5)16-10-8-9-11-18(16)21-6/h8-11,15,17,20H,7,12-14H2,1-6H3. The molecule has 0 bridgehead atoms. The van der Waals surface area contributed by atoms with Gasteiger partial charge in [-0.25, -0.2) is 0 Å². The molecular formula is C19H33NO. The van der Waals surface area contributed by atoms with E-state index in [1.165, 1.54) is 12.0 Å². The molecule has 2 unspecified atom stereocenters. The fraction of sp³-hybridized carbons (Fsp3) is 0.684. The predicted octanol–water partition coefficient (Wildman–Crippen LogP) is 5.20. The molecule has 120 valence electrons. The molecule has 2 nitrogen and oxygen atoms in total. The Kier molecular flexibility index (Phi) is 7.24. The van der Waals surface area contributed by atoms with E-state index >= 15 is 0 Å². The van der Waals surface area contributed by atoms with Gasteiger partial charge in [-0.15, -0.1) is 0 Å². The van der Waals surface area contributed by atoms with Gasteiger partial charge in [0.2, 0.25) is 0 Å². The fourth-order valence-electron chi connectivity index (χ4n) is 3.12. The van der Waals surface area contributed by atoms with Crippen LogP contribution in [0.2, 0.25) is 0 Å². The zero-order valence-corrected chi connectivity index (χ0v) is 14.7. The summed E-state index contributed by atoms with van der Waals surface area (Å²) in [7, 11) is 1.76. The molecule has 1 N–H and O–H groups in total. The van der Waals surface area contributed by atoms with Crippen molar-refractivity contribution in [3.05, 3.63) is 29.8 Å². The molecule has 0 aliphatic carbocycles. The number of hydrogen-bond donors (Lipinski definition) is 1. The minimum atomic E-state index is 0.374. The summed E-state index contributed by atoms with van der Waals surface area (Å²) < 4.78 is 5.55. The van der Waals surface area contributed by atoms with Crippen LogP contribution in [0, 0.1) is 11.3 Å². The Bertz CT molecular complexity index is 408. The second-order valence-corrected chi connectivity index (χ2v) is 7.35. The van der Waals surface area contributed by atoms with Crippen LogP contribution in [0.1, 0.15) is 65.5 Å². The van der Waals surface area contributed by atoms with Gasteiger partial charge in [-0.05, 0) is 43.2 Å². The first-order valence-electron chi connectivity index (χ1n) is 8.23. The van der Waals surface area contributed by atoms with Crippen molar-refractivity contribution in [1.82, 2.24) is 5.32 Å². The number of para-hydroxylation sites is 1. The summed E-state index contributed by atoms with van der Waals surface area (Å²) >= 11 is 0. The van der Waals surface area contributed by atoms with Gasteiger partial charge in [0.25, 0.3) is 0 Å². The van der Waals surface area contributed by atoms with Crippen LogP contribution in [0.15, 0.2) is 24.3 Å². The Morgan fingerprint density at radius 3 is 2.43 bits per heavy atom. The molecule has 0 radical (unpaired) electrons. The molecule has 0 saturated carbocycles. The molecule has 0 saturated heterocycles. The van der Waals surface area contributed by atoms with Gasteiger partial charge in [0.1, 0.15) is 5.75 Å². The third-order valence-electron chi connectivity index (χ3n) is 3.75. The number of rotatable bonds is 8. The first kappa shape index (κ1) is 18.0. The average molecular weight is 291 g/mol. The van der Waals surface area contributed by atoms with Gasteiger partial charge in [0.15, 0.2) is 0 Å². The summed E-state index contributed by atoms with van der Waals surface area (Å²) in [5.74, 6) is 1.68. The largest absolute Gasteiger partial charge is 0.496 e. The average Bonchev–Trinajstić information content (AvgIpc) is 2.41. The molecule has 0 fully saturated rings. The van der Waals surface area contributed by atoms with Gasteiger partial charge >= 0.3 is 0 Å². The van der Waals surface area contributed by atoms with Crippen molar-refractivity contribution >= 4 is 0 Å². The lowest BCUT2D eigenvalue weighted by atomic mass is 9.82. The maximum atomic E-state index is 5.55. The zero-order chi connectivity index (χ0) is 15.9.